The predicted molar refractivity (Wildman–Crippen MR) is 82.2 cm³/mol. The molecule has 1 aromatic heterocycles. The van der Waals surface area contributed by atoms with Crippen molar-refractivity contribution in [2.75, 3.05) is 11.9 Å². The predicted octanol–water partition coefficient (Wildman–Crippen LogP) is 2.76. The zero-order chi connectivity index (χ0) is 15.2. The van der Waals surface area contributed by atoms with Crippen LogP contribution in [0.1, 0.15) is 22.8 Å². The van der Waals surface area contributed by atoms with Crippen LogP contribution in [0.5, 0.6) is 5.75 Å². The second kappa shape index (κ2) is 6.95. The second-order valence-electron chi connectivity index (χ2n) is 4.28. The Morgan fingerprint density at radius 2 is 2.14 bits per heavy atom. The molecule has 0 aliphatic rings. The number of hydrogen-bond acceptors (Lipinski definition) is 3. The number of aromatic nitrogens is 1. The third-order valence-corrected chi connectivity index (χ3v) is 3.10. The summed E-state index contributed by atoms with van der Waals surface area (Å²) < 4.78 is 5.45. The highest BCUT2D eigenvalue weighted by Crippen LogP contribution is 2.24. The fraction of sp³-hybridized carbons (Fsp3) is 0.200. The van der Waals surface area contributed by atoms with Crippen LogP contribution in [0.4, 0.5) is 5.69 Å². The van der Waals surface area contributed by atoms with E-state index in [2.05, 4.69) is 10.3 Å². The van der Waals surface area contributed by atoms with E-state index >= 15 is 0 Å². The van der Waals surface area contributed by atoms with Gasteiger partial charge in [-0.15, -0.1) is 11.6 Å². The van der Waals surface area contributed by atoms with E-state index in [1.54, 1.807) is 18.2 Å². The first-order valence-electron chi connectivity index (χ1n) is 6.46. The average molecular weight is 307 g/mol. The van der Waals surface area contributed by atoms with Crippen molar-refractivity contribution in [3.05, 3.63) is 58.0 Å². The molecule has 0 saturated carbocycles. The van der Waals surface area contributed by atoms with E-state index in [1.807, 2.05) is 6.92 Å². The first-order chi connectivity index (χ1) is 10.1. The molecule has 0 unspecified atom stereocenters. The minimum Gasteiger partial charge on any atom is -0.494 e. The highest BCUT2D eigenvalue weighted by molar-refractivity contribution is 6.17. The highest BCUT2D eigenvalue weighted by Gasteiger charge is 2.09. The lowest BCUT2D eigenvalue weighted by atomic mass is 10.2. The summed E-state index contributed by atoms with van der Waals surface area (Å²) in [6.45, 7) is 2.44. The first-order valence-corrected chi connectivity index (χ1v) is 6.99. The molecule has 6 heteroatoms. The van der Waals surface area contributed by atoms with Gasteiger partial charge in [0.25, 0.3) is 5.91 Å². The van der Waals surface area contributed by atoms with Crippen LogP contribution in [0, 0.1) is 0 Å². The molecular weight excluding hydrogens is 292 g/mol. The molecule has 2 rings (SSSR count). The van der Waals surface area contributed by atoms with E-state index in [9.17, 15) is 9.59 Å². The highest BCUT2D eigenvalue weighted by atomic mass is 35.5. The van der Waals surface area contributed by atoms with Crippen LogP contribution in [0.2, 0.25) is 0 Å². The molecule has 1 amide bonds. The van der Waals surface area contributed by atoms with Crippen LogP contribution in [0.15, 0.2) is 41.3 Å². The van der Waals surface area contributed by atoms with Crippen LogP contribution in [0.3, 0.4) is 0 Å². The third-order valence-electron chi connectivity index (χ3n) is 2.81. The van der Waals surface area contributed by atoms with Crippen molar-refractivity contribution in [3.8, 4) is 5.75 Å². The number of H-pyrrole nitrogens is 1. The Morgan fingerprint density at radius 3 is 2.76 bits per heavy atom. The maximum Gasteiger partial charge on any atom is 0.257 e. The van der Waals surface area contributed by atoms with Gasteiger partial charge in [-0.1, -0.05) is 0 Å². The van der Waals surface area contributed by atoms with Crippen molar-refractivity contribution < 1.29 is 9.53 Å². The van der Waals surface area contributed by atoms with Crippen LogP contribution >= 0.6 is 11.6 Å². The number of pyridine rings is 1. The Hall–Kier alpha value is -2.27. The number of carbonyl (C=O) groups excluding carboxylic acids is 1. The van der Waals surface area contributed by atoms with Gasteiger partial charge in [-0.25, -0.2) is 0 Å². The number of amides is 1. The van der Waals surface area contributed by atoms with Gasteiger partial charge in [0.1, 0.15) is 5.75 Å². The number of ether oxygens (including phenoxy) is 1. The summed E-state index contributed by atoms with van der Waals surface area (Å²) in [5.74, 6) is 0.683. The molecular formula is C15H15ClN2O3. The molecule has 0 aliphatic carbocycles. The Kier molecular flexibility index (Phi) is 5.00. The number of aromatic amines is 1. The summed E-state index contributed by atoms with van der Waals surface area (Å²) in [6.07, 6.45) is 1.37. The van der Waals surface area contributed by atoms with Crippen LogP contribution in [0.25, 0.3) is 0 Å². The van der Waals surface area contributed by atoms with E-state index in [-0.39, 0.29) is 17.3 Å². The molecule has 5 nitrogen and oxygen atoms in total. The SMILES string of the molecule is CCOc1ccc(NC(=O)c2ccc(=O)[nH]c2)cc1CCl. The normalized spacial score (nSPS) is 10.2. The minimum atomic E-state index is -0.309. The van der Waals surface area contributed by atoms with Gasteiger partial charge in [0.05, 0.1) is 18.1 Å². The van der Waals surface area contributed by atoms with E-state index in [4.69, 9.17) is 16.3 Å². The smallest absolute Gasteiger partial charge is 0.257 e. The number of hydrogen-bond donors (Lipinski definition) is 2. The number of alkyl halides is 1. The summed E-state index contributed by atoms with van der Waals surface area (Å²) >= 11 is 5.88. The first kappa shape index (κ1) is 15.1. The average Bonchev–Trinajstić information content (AvgIpc) is 2.49. The lowest BCUT2D eigenvalue weighted by Gasteiger charge is -2.11. The standard InChI is InChI=1S/C15H15ClN2O3/c1-2-21-13-5-4-12(7-11(13)8-16)18-15(20)10-3-6-14(19)17-9-10/h3-7,9H,2,8H2,1H3,(H,17,19)(H,18,20). The fourth-order valence-electron chi connectivity index (χ4n) is 1.81. The number of nitrogens with one attached hydrogen (secondary N) is 2. The van der Waals surface area contributed by atoms with Crippen LogP contribution in [-0.2, 0) is 5.88 Å². The van der Waals surface area contributed by atoms with Crippen molar-refractivity contribution in [1.29, 1.82) is 0 Å². The molecule has 0 fully saturated rings. The van der Waals surface area contributed by atoms with Crippen molar-refractivity contribution >= 4 is 23.2 Å². The van der Waals surface area contributed by atoms with E-state index in [1.165, 1.54) is 18.3 Å². The van der Waals surface area contributed by atoms with E-state index < -0.39 is 0 Å². The van der Waals surface area contributed by atoms with E-state index in [0.29, 0.717) is 23.6 Å². The monoisotopic (exact) mass is 306 g/mol. The summed E-state index contributed by atoms with van der Waals surface area (Å²) in [7, 11) is 0. The summed E-state index contributed by atoms with van der Waals surface area (Å²) in [5.41, 5.74) is 1.54. The van der Waals surface area contributed by atoms with E-state index in [0.717, 1.165) is 5.56 Å². The number of rotatable bonds is 5. The Bertz CT molecular complexity index is 677. The van der Waals surface area contributed by atoms with Crippen molar-refractivity contribution in [2.24, 2.45) is 0 Å². The number of halogens is 1. The molecule has 21 heavy (non-hydrogen) atoms. The molecule has 0 radical (unpaired) electrons. The van der Waals surface area contributed by atoms with Gasteiger partial charge >= 0.3 is 0 Å². The van der Waals surface area contributed by atoms with Gasteiger partial charge in [-0.2, -0.15) is 0 Å². The molecule has 0 spiro atoms. The lowest BCUT2D eigenvalue weighted by molar-refractivity contribution is 0.102. The van der Waals surface area contributed by atoms with Gasteiger partial charge in [0.15, 0.2) is 0 Å². The Morgan fingerprint density at radius 1 is 1.33 bits per heavy atom. The summed E-state index contributed by atoms with van der Waals surface area (Å²) in [6, 6.07) is 8.04. The zero-order valence-corrected chi connectivity index (χ0v) is 12.2. The van der Waals surface area contributed by atoms with Crippen molar-refractivity contribution in [2.45, 2.75) is 12.8 Å². The van der Waals surface area contributed by atoms with Gasteiger partial charge in [-0.3, -0.25) is 9.59 Å². The molecule has 0 saturated heterocycles. The van der Waals surface area contributed by atoms with Gasteiger partial charge < -0.3 is 15.0 Å². The Labute approximate surface area is 126 Å². The number of benzene rings is 1. The van der Waals surface area contributed by atoms with Crippen LogP contribution < -0.4 is 15.6 Å². The van der Waals surface area contributed by atoms with Crippen LogP contribution in [-0.4, -0.2) is 17.5 Å². The fourth-order valence-corrected chi connectivity index (χ4v) is 2.02. The largest absolute Gasteiger partial charge is 0.494 e. The van der Waals surface area contributed by atoms with Crippen molar-refractivity contribution in [3.63, 3.8) is 0 Å². The van der Waals surface area contributed by atoms with Crippen molar-refractivity contribution in [1.82, 2.24) is 4.98 Å². The lowest BCUT2D eigenvalue weighted by Crippen LogP contribution is -2.14. The molecule has 0 atom stereocenters. The summed E-state index contributed by atoms with van der Waals surface area (Å²) in [4.78, 5) is 25.5. The number of anilines is 1. The minimum absolute atomic E-state index is 0.253. The molecule has 1 aromatic carbocycles. The van der Waals surface area contributed by atoms with Gasteiger partial charge in [0, 0.05) is 23.5 Å². The molecule has 1 heterocycles. The molecule has 110 valence electrons. The quantitative estimate of drug-likeness (QED) is 0.834. The Balaban J connectivity index is 2.17. The van der Waals surface area contributed by atoms with Gasteiger partial charge in [-0.05, 0) is 31.2 Å². The topological polar surface area (TPSA) is 71.2 Å². The molecule has 2 aromatic rings. The molecule has 2 N–H and O–H groups in total. The van der Waals surface area contributed by atoms with Gasteiger partial charge in [0.2, 0.25) is 5.56 Å². The second-order valence-corrected chi connectivity index (χ2v) is 4.55. The molecule has 0 bridgehead atoms. The molecule has 0 aliphatic heterocycles. The summed E-state index contributed by atoms with van der Waals surface area (Å²) in [5, 5.41) is 2.75. The number of carbonyl (C=O) groups is 1. The maximum absolute atomic E-state index is 12.0. The zero-order valence-electron chi connectivity index (χ0n) is 11.5. The third kappa shape index (κ3) is 3.86. The maximum atomic E-state index is 12.0.